The van der Waals surface area contributed by atoms with Crippen molar-refractivity contribution in [1.82, 2.24) is 19.4 Å². The number of aliphatic hydroxyl groups is 1. The van der Waals surface area contributed by atoms with Crippen LogP contribution in [0.4, 0.5) is 11.5 Å². The molecule has 0 saturated carbocycles. The fraction of sp³-hybridized carbons (Fsp3) is 0.276. The van der Waals surface area contributed by atoms with E-state index < -0.39 is 6.23 Å². The lowest BCUT2D eigenvalue weighted by molar-refractivity contribution is 0.0724. The van der Waals surface area contributed by atoms with Crippen molar-refractivity contribution in [3.05, 3.63) is 72.6 Å². The maximum atomic E-state index is 13.1. The zero-order valence-electron chi connectivity index (χ0n) is 21.8. The Morgan fingerprint density at radius 3 is 2.47 bits per heavy atom. The number of aromatic nitrogens is 3. The second-order valence-corrected chi connectivity index (χ2v) is 9.69. The first-order valence-electron chi connectivity index (χ1n) is 12.5. The van der Waals surface area contributed by atoms with E-state index in [0.717, 1.165) is 39.9 Å². The van der Waals surface area contributed by atoms with Gasteiger partial charge in [-0.25, -0.2) is 9.97 Å². The molecule has 1 aliphatic rings. The van der Waals surface area contributed by atoms with Crippen molar-refractivity contribution in [2.24, 2.45) is 7.05 Å². The van der Waals surface area contributed by atoms with Crippen LogP contribution in [0.25, 0.3) is 33.4 Å². The van der Waals surface area contributed by atoms with E-state index >= 15 is 0 Å². The summed E-state index contributed by atoms with van der Waals surface area (Å²) in [5.74, 6) is 0.384. The molecule has 1 fully saturated rings. The Balaban J connectivity index is 1.54. The van der Waals surface area contributed by atoms with Gasteiger partial charge in [0.15, 0.2) is 0 Å². The first-order valence-corrected chi connectivity index (χ1v) is 12.5. The van der Waals surface area contributed by atoms with Crippen LogP contribution in [0, 0.1) is 0 Å². The van der Waals surface area contributed by atoms with Crippen molar-refractivity contribution in [3.63, 3.8) is 0 Å². The van der Waals surface area contributed by atoms with Crippen molar-refractivity contribution in [3.8, 4) is 22.4 Å². The fourth-order valence-corrected chi connectivity index (χ4v) is 4.97. The molecule has 5 rings (SSSR count). The van der Waals surface area contributed by atoms with Crippen LogP contribution in [0.1, 0.15) is 23.7 Å². The third-order valence-electron chi connectivity index (χ3n) is 7.11. The van der Waals surface area contributed by atoms with E-state index in [2.05, 4.69) is 21.9 Å². The van der Waals surface area contributed by atoms with Crippen LogP contribution in [0.5, 0.6) is 0 Å². The molecule has 4 aromatic rings. The Labute approximate surface area is 221 Å². The Morgan fingerprint density at radius 2 is 1.84 bits per heavy atom. The zero-order chi connectivity index (χ0) is 27.0. The number of nitrogens with one attached hydrogen (secondary N) is 1. The van der Waals surface area contributed by atoms with Crippen LogP contribution < -0.4 is 11.1 Å². The Bertz CT molecular complexity index is 1490. The van der Waals surface area contributed by atoms with E-state index in [-0.39, 0.29) is 12.0 Å². The molecule has 196 valence electrons. The molecular formula is C29H32N6O3. The van der Waals surface area contributed by atoms with Crippen LogP contribution >= 0.6 is 0 Å². The molecule has 9 heteroatoms. The van der Waals surface area contributed by atoms with Crippen LogP contribution in [-0.2, 0) is 11.8 Å². The average molecular weight is 513 g/mol. The predicted octanol–water partition coefficient (Wildman–Crippen LogP) is 4.05. The molecule has 0 bridgehead atoms. The summed E-state index contributed by atoms with van der Waals surface area (Å²) in [4.78, 5) is 23.7. The highest BCUT2D eigenvalue weighted by Gasteiger charge is 2.27. The van der Waals surface area contributed by atoms with Gasteiger partial charge >= 0.3 is 0 Å². The Morgan fingerprint density at radius 1 is 1.16 bits per heavy atom. The number of carbonyl (C=O) groups is 1. The molecule has 0 radical (unpaired) electrons. The number of rotatable bonds is 7. The summed E-state index contributed by atoms with van der Waals surface area (Å²) >= 11 is 0. The summed E-state index contributed by atoms with van der Waals surface area (Å²) in [6.45, 7) is 6.84. The minimum atomic E-state index is -0.828. The third-order valence-corrected chi connectivity index (χ3v) is 7.11. The molecule has 1 amide bonds. The van der Waals surface area contributed by atoms with Gasteiger partial charge in [-0.1, -0.05) is 30.8 Å². The summed E-state index contributed by atoms with van der Waals surface area (Å²) in [5, 5.41) is 13.9. The number of ether oxygens (including phenoxy) is 1. The van der Waals surface area contributed by atoms with E-state index in [1.54, 1.807) is 14.0 Å². The molecule has 3 heterocycles. The number of aryl methyl sites for hydroxylation is 1. The number of amides is 1. The van der Waals surface area contributed by atoms with E-state index in [9.17, 15) is 9.90 Å². The first kappa shape index (κ1) is 25.4. The monoisotopic (exact) mass is 512 g/mol. The lowest BCUT2D eigenvalue weighted by atomic mass is 9.97. The van der Waals surface area contributed by atoms with Gasteiger partial charge in [-0.15, -0.1) is 0 Å². The zero-order valence-corrected chi connectivity index (χ0v) is 21.8. The lowest BCUT2D eigenvalue weighted by Crippen LogP contribution is -2.29. The number of benzene rings is 2. The number of fused-ring (bicyclic) bond motifs is 1. The number of likely N-dealkylation sites (tertiary alicyclic amines) is 1. The summed E-state index contributed by atoms with van der Waals surface area (Å²) in [6, 6.07) is 15.4. The van der Waals surface area contributed by atoms with Gasteiger partial charge in [-0.3, -0.25) is 4.79 Å². The highest BCUT2D eigenvalue weighted by molar-refractivity contribution is 6.08. The minimum absolute atomic E-state index is 0.00266. The fourth-order valence-electron chi connectivity index (χ4n) is 4.97. The van der Waals surface area contributed by atoms with Crippen molar-refractivity contribution in [2.45, 2.75) is 25.7 Å². The number of nitrogen functional groups attached to an aromatic ring is 1. The maximum absolute atomic E-state index is 13.1. The Hall–Kier alpha value is -4.21. The minimum Gasteiger partial charge on any atom is -0.383 e. The van der Waals surface area contributed by atoms with Crippen LogP contribution in [0.2, 0.25) is 0 Å². The summed E-state index contributed by atoms with van der Waals surface area (Å²) in [6.07, 6.45) is 1.57. The van der Waals surface area contributed by atoms with Crippen LogP contribution in [0.15, 0.2) is 67.0 Å². The van der Waals surface area contributed by atoms with Gasteiger partial charge in [-0.05, 0) is 54.3 Å². The number of hydrogen-bond acceptors (Lipinski definition) is 7. The van der Waals surface area contributed by atoms with Gasteiger partial charge in [-0.2, -0.15) is 0 Å². The lowest BCUT2D eigenvalue weighted by Gasteiger charge is -2.17. The molecule has 9 nitrogen and oxygen atoms in total. The third kappa shape index (κ3) is 4.62. The molecule has 0 aliphatic carbocycles. The smallest absolute Gasteiger partial charge is 0.253 e. The van der Waals surface area contributed by atoms with E-state index in [0.29, 0.717) is 35.7 Å². The normalized spacial score (nSPS) is 16.1. The predicted molar refractivity (Wildman–Crippen MR) is 150 cm³/mol. The van der Waals surface area contributed by atoms with Crippen molar-refractivity contribution >= 4 is 28.4 Å². The largest absolute Gasteiger partial charge is 0.383 e. The summed E-state index contributed by atoms with van der Waals surface area (Å²) < 4.78 is 7.41. The highest BCUT2D eigenvalue weighted by atomic mass is 16.5. The van der Waals surface area contributed by atoms with Crippen molar-refractivity contribution in [1.29, 1.82) is 0 Å². The van der Waals surface area contributed by atoms with E-state index in [4.69, 9.17) is 10.5 Å². The molecule has 0 spiro atoms. The van der Waals surface area contributed by atoms with Gasteiger partial charge in [0.25, 0.3) is 5.91 Å². The second-order valence-electron chi connectivity index (χ2n) is 9.69. The molecule has 1 saturated heterocycles. The topological polar surface area (TPSA) is 119 Å². The SMILES string of the molecule is C=C(C)C(O)Nc1ccc(-c2c(-c3ccc(C(=O)N4CC[C@H](OC)C4)cc3)c3c(N)ncnc3n2C)cc1. The number of hydrogen-bond donors (Lipinski definition) is 3. The molecule has 2 aromatic carbocycles. The molecule has 1 aliphatic heterocycles. The number of anilines is 2. The standard InChI is InChI=1S/C29H32N6O3/c1-17(2)28(36)33-21-11-9-19(10-12-21)25-23(24-26(30)31-16-32-27(24)34(25)3)18-5-7-20(8-6-18)29(37)35-14-13-22(15-35)38-4/h5-12,16,22,28,33,36H,1,13-15H2,2-4H3,(H2,30,31,32)/t22-,28?/m0/s1. The molecule has 2 aromatic heterocycles. The van der Waals surface area contributed by atoms with Crippen molar-refractivity contribution < 1.29 is 14.6 Å². The highest BCUT2D eigenvalue weighted by Crippen LogP contribution is 2.41. The van der Waals surface area contributed by atoms with Gasteiger partial charge in [0.05, 0.1) is 17.2 Å². The Kier molecular flexibility index (Phi) is 6.88. The number of carbonyl (C=O) groups excluding carboxylic acids is 1. The summed E-state index contributed by atoms with van der Waals surface area (Å²) in [5.41, 5.74) is 12.8. The number of nitrogens with zero attached hydrogens (tertiary/aromatic N) is 4. The molecular weight excluding hydrogens is 480 g/mol. The maximum Gasteiger partial charge on any atom is 0.253 e. The molecule has 1 unspecified atom stereocenters. The number of nitrogens with two attached hydrogens (primary N) is 1. The number of methoxy groups -OCH3 is 1. The summed E-state index contributed by atoms with van der Waals surface area (Å²) in [7, 11) is 3.63. The van der Waals surface area contributed by atoms with E-state index in [1.165, 1.54) is 6.33 Å². The molecule has 4 N–H and O–H groups in total. The van der Waals surface area contributed by atoms with Crippen LogP contribution in [0.3, 0.4) is 0 Å². The quantitative estimate of drug-likeness (QED) is 0.252. The van der Waals surface area contributed by atoms with E-state index in [1.807, 2.05) is 65.0 Å². The molecule has 2 atom stereocenters. The van der Waals surface area contributed by atoms with Gasteiger partial charge in [0, 0.05) is 44.1 Å². The first-order chi connectivity index (χ1) is 18.3. The second kappa shape index (κ2) is 10.3. The van der Waals surface area contributed by atoms with Crippen molar-refractivity contribution in [2.75, 3.05) is 31.2 Å². The van der Waals surface area contributed by atoms with Gasteiger partial charge in [0.2, 0.25) is 0 Å². The van der Waals surface area contributed by atoms with Gasteiger partial charge in [0.1, 0.15) is 24.0 Å². The van der Waals surface area contributed by atoms with Crippen LogP contribution in [-0.4, -0.2) is 63.0 Å². The molecule has 38 heavy (non-hydrogen) atoms. The van der Waals surface area contributed by atoms with Gasteiger partial charge < -0.3 is 30.4 Å². The average Bonchev–Trinajstić information content (AvgIpc) is 3.52. The number of aliphatic hydroxyl groups excluding tert-OH is 1.